The number of aromatic nitrogens is 3. The van der Waals surface area contributed by atoms with E-state index in [1.165, 1.54) is 12.6 Å². The van der Waals surface area contributed by atoms with Crippen LogP contribution in [0.25, 0.3) is 16.8 Å². The molecule has 1 fully saturated rings. The van der Waals surface area contributed by atoms with Crippen molar-refractivity contribution in [3.05, 3.63) is 59.9 Å². The molecule has 0 saturated carbocycles. The normalized spacial score (nSPS) is 17.6. The first-order valence-electron chi connectivity index (χ1n) is 13.6. The number of hydrogen-bond acceptors (Lipinski definition) is 8. The number of nitrogens with zero attached hydrogens (tertiary/aromatic N) is 3. The van der Waals surface area contributed by atoms with Gasteiger partial charge in [-0.15, -0.1) is 0 Å². The van der Waals surface area contributed by atoms with Crippen LogP contribution in [0.2, 0.25) is 0 Å². The van der Waals surface area contributed by atoms with Crippen molar-refractivity contribution >= 4 is 28.8 Å². The Bertz CT molecular complexity index is 1400. The summed E-state index contributed by atoms with van der Waals surface area (Å²) in [6.07, 6.45) is 5.76. The van der Waals surface area contributed by atoms with E-state index in [1.807, 2.05) is 45.0 Å². The van der Waals surface area contributed by atoms with Gasteiger partial charge in [0, 0.05) is 30.9 Å². The number of ether oxygens (including phenoxy) is 4. The zero-order chi connectivity index (χ0) is 28.3. The number of benzene rings is 1. The maximum absolute atomic E-state index is 13.2. The number of carbonyl (C=O) groups is 2. The Balaban J connectivity index is 1.23. The van der Waals surface area contributed by atoms with Crippen LogP contribution in [0.1, 0.15) is 74.9 Å². The number of H-pyrrole nitrogens is 1. The van der Waals surface area contributed by atoms with E-state index in [-0.39, 0.29) is 18.0 Å². The van der Waals surface area contributed by atoms with Crippen molar-refractivity contribution in [2.75, 3.05) is 19.7 Å². The van der Waals surface area contributed by atoms with Gasteiger partial charge >= 0.3 is 6.09 Å². The third-order valence-electron chi connectivity index (χ3n) is 6.56. The van der Waals surface area contributed by atoms with Crippen LogP contribution in [0.3, 0.4) is 0 Å². The minimum atomic E-state index is -0.644. The molecule has 2 amide bonds. The maximum atomic E-state index is 13.2. The van der Waals surface area contributed by atoms with Crippen molar-refractivity contribution in [1.82, 2.24) is 25.2 Å². The standard InChI is InChI=1S/C29H35N5O6/c1-5-13-37-20-8-6-7-18(14-20)27-38-16-22(39-27)24-25-23(31-17-32-24)21(15-30-25)26(35)33-19-9-11-34(12-10-19)28(36)40-29(2,3)4/h6-8,14-17,19,27,30H,5,9-13H2,1-4H3,(H,33,35). The lowest BCUT2D eigenvalue weighted by atomic mass is 10.0. The van der Waals surface area contributed by atoms with Crippen molar-refractivity contribution in [3.63, 3.8) is 0 Å². The van der Waals surface area contributed by atoms with E-state index in [0.717, 1.165) is 17.7 Å². The molecule has 2 aromatic heterocycles. The first kappa shape index (κ1) is 27.3. The quantitative estimate of drug-likeness (QED) is 0.425. The second kappa shape index (κ2) is 11.4. The minimum Gasteiger partial charge on any atom is -0.494 e. The topological polar surface area (TPSA) is 128 Å². The molecular formula is C29H35N5O6. The summed E-state index contributed by atoms with van der Waals surface area (Å²) < 4.78 is 23.1. The molecule has 1 saturated heterocycles. The number of nitrogens with one attached hydrogen (secondary N) is 2. The molecule has 2 aliphatic rings. The van der Waals surface area contributed by atoms with Crippen LogP contribution in [0.4, 0.5) is 4.79 Å². The molecule has 40 heavy (non-hydrogen) atoms. The largest absolute Gasteiger partial charge is 0.494 e. The smallest absolute Gasteiger partial charge is 0.410 e. The molecule has 0 bridgehead atoms. The van der Waals surface area contributed by atoms with Gasteiger partial charge in [0.05, 0.1) is 17.7 Å². The van der Waals surface area contributed by atoms with Crippen LogP contribution in [-0.2, 0) is 14.2 Å². The summed E-state index contributed by atoms with van der Waals surface area (Å²) in [4.78, 5) is 39.1. The van der Waals surface area contributed by atoms with Gasteiger partial charge in [-0.3, -0.25) is 4.79 Å². The molecule has 0 aliphatic carbocycles. The van der Waals surface area contributed by atoms with Gasteiger partial charge in [0.1, 0.15) is 35.2 Å². The monoisotopic (exact) mass is 549 g/mol. The summed E-state index contributed by atoms with van der Waals surface area (Å²) in [6.45, 7) is 9.25. The van der Waals surface area contributed by atoms with Crippen LogP contribution in [-0.4, -0.2) is 63.2 Å². The highest BCUT2D eigenvalue weighted by Crippen LogP contribution is 2.36. The van der Waals surface area contributed by atoms with Crippen molar-refractivity contribution in [2.24, 2.45) is 0 Å². The first-order valence-corrected chi connectivity index (χ1v) is 13.6. The highest BCUT2D eigenvalue weighted by atomic mass is 16.7. The molecule has 2 aliphatic heterocycles. The van der Waals surface area contributed by atoms with Crippen molar-refractivity contribution in [3.8, 4) is 5.75 Å². The van der Waals surface area contributed by atoms with E-state index in [0.29, 0.717) is 60.6 Å². The Morgan fingerprint density at radius 1 is 1.20 bits per heavy atom. The fourth-order valence-electron chi connectivity index (χ4n) is 4.62. The third kappa shape index (κ3) is 6.13. The van der Waals surface area contributed by atoms with Gasteiger partial charge in [0.15, 0.2) is 5.76 Å². The number of piperidine rings is 1. The third-order valence-corrected chi connectivity index (χ3v) is 6.56. The van der Waals surface area contributed by atoms with Gasteiger partial charge < -0.3 is 34.1 Å². The van der Waals surface area contributed by atoms with Gasteiger partial charge in [0.25, 0.3) is 12.2 Å². The van der Waals surface area contributed by atoms with E-state index >= 15 is 0 Å². The molecule has 4 heterocycles. The zero-order valence-corrected chi connectivity index (χ0v) is 23.2. The van der Waals surface area contributed by atoms with E-state index in [2.05, 4.69) is 27.2 Å². The fraction of sp³-hybridized carbons (Fsp3) is 0.448. The molecule has 0 spiro atoms. The molecule has 1 atom stereocenters. The Kier molecular flexibility index (Phi) is 7.81. The van der Waals surface area contributed by atoms with Gasteiger partial charge in [0.2, 0.25) is 0 Å². The molecule has 2 N–H and O–H groups in total. The number of hydrogen-bond donors (Lipinski definition) is 2. The van der Waals surface area contributed by atoms with Crippen LogP contribution < -0.4 is 10.1 Å². The summed E-state index contributed by atoms with van der Waals surface area (Å²) in [6, 6.07) is 7.52. The first-order chi connectivity index (χ1) is 19.2. The second-order valence-electron chi connectivity index (χ2n) is 10.9. The average molecular weight is 550 g/mol. The van der Waals surface area contributed by atoms with Crippen molar-refractivity contribution < 1.29 is 28.5 Å². The number of aromatic amines is 1. The SMILES string of the molecule is CCCOc1cccc(C2OC=C(c3ncnc4c(C(=O)NC5CCN(C(=O)OC(C)(C)C)CC5)c[nH]c34)O2)c1. The number of fused-ring (bicyclic) bond motifs is 1. The van der Waals surface area contributed by atoms with Gasteiger partial charge in [-0.25, -0.2) is 14.8 Å². The number of carbonyl (C=O) groups excluding carboxylic acids is 2. The molecule has 11 heteroatoms. The highest BCUT2D eigenvalue weighted by molar-refractivity contribution is 6.06. The number of likely N-dealkylation sites (tertiary alicyclic amines) is 1. The number of rotatable bonds is 7. The summed E-state index contributed by atoms with van der Waals surface area (Å²) in [7, 11) is 0. The van der Waals surface area contributed by atoms with Crippen molar-refractivity contribution in [1.29, 1.82) is 0 Å². The average Bonchev–Trinajstić information content (AvgIpc) is 3.59. The Hall–Kier alpha value is -4.28. The summed E-state index contributed by atoms with van der Waals surface area (Å²) in [5.74, 6) is 0.937. The Morgan fingerprint density at radius 3 is 2.75 bits per heavy atom. The fourth-order valence-corrected chi connectivity index (χ4v) is 4.62. The lowest BCUT2D eigenvalue weighted by Gasteiger charge is -2.33. The van der Waals surface area contributed by atoms with Crippen LogP contribution in [0.15, 0.2) is 43.1 Å². The molecule has 5 rings (SSSR count). The van der Waals surface area contributed by atoms with E-state index in [9.17, 15) is 9.59 Å². The predicted octanol–water partition coefficient (Wildman–Crippen LogP) is 4.92. The van der Waals surface area contributed by atoms with Gasteiger partial charge in [-0.1, -0.05) is 19.1 Å². The summed E-state index contributed by atoms with van der Waals surface area (Å²) in [5, 5.41) is 3.08. The lowest BCUT2D eigenvalue weighted by molar-refractivity contribution is -0.0173. The van der Waals surface area contributed by atoms with E-state index in [1.54, 1.807) is 11.1 Å². The molecule has 11 nitrogen and oxygen atoms in total. The Morgan fingerprint density at radius 2 is 2.00 bits per heavy atom. The lowest BCUT2D eigenvalue weighted by Crippen LogP contribution is -2.47. The van der Waals surface area contributed by atoms with E-state index < -0.39 is 11.9 Å². The van der Waals surface area contributed by atoms with Crippen LogP contribution in [0, 0.1) is 0 Å². The number of amides is 2. The molecule has 1 aromatic carbocycles. The van der Waals surface area contributed by atoms with Crippen molar-refractivity contribution in [2.45, 2.75) is 64.9 Å². The second-order valence-corrected chi connectivity index (χ2v) is 10.9. The van der Waals surface area contributed by atoms with Gasteiger partial charge in [-0.05, 0) is 52.2 Å². The van der Waals surface area contributed by atoms with E-state index in [4.69, 9.17) is 18.9 Å². The summed E-state index contributed by atoms with van der Waals surface area (Å²) >= 11 is 0. The maximum Gasteiger partial charge on any atom is 0.410 e. The zero-order valence-electron chi connectivity index (χ0n) is 23.2. The van der Waals surface area contributed by atoms with Gasteiger partial charge in [-0.2, -0.15) is 0 Å². The molecule has 1 unspecified atom stereocenters. The molecule has 0 radical (unpaired) electrons. The molecule has 212 valence electrons. The highest BCUT2D eigenvalue weighted by Gasteiger charge is 2.30. The molecule has 3 aromatic rings. The van der Waals surface area contributed by atoms with Crippen LogP contribution in [0.5, 0.6) is 5.75 Å². The Labute approximate surface area is 232 Å². The predicted molar refractivity (Wildman–Crippen MR) is 147 cm³/mol. The molecular weight excluding hydrogens is 514 g/mol. The van der Waals surface area contributed by atoms with Crippen LogP contribution >= 0.6 is 0 Å². The minimum absolute atomic E-state index is 0.0652. The summed E-state index contributed by atoms with van der Waals surface area (Å²) in [5.41, 5.74) is 2.23.